The van der Waals surface area contributed by atoms with Crippen molar-refractivity contribution in [1.29, 1.82) is 0 Å². The quantitative estimate of drug-likeness (QED) is 0.308. The van der Waals surface area contributed by atoms with Gasteiger partial charge in [-0.1, -0.05) is 55.0 Å². The molecule has 4 aromatic rings. The number of ether oxygens (including phenoxy) is 1. The first-order valence-electron chi connectivity index (χ1n) is 11.4. The SMILES string of the molecule is CC1=C(C(=O)OCC(C)C)[C@@H](c2cccs2)n2c(s/c(=C\c3ccc(-c4ccccc4Cl)o3)c2=O)=N1. The molecule has 0 spiro atoms. The maximum atomic E-state index is 13.6. The van der Waals surface area contributed by atoms with Crippen LogP contribution in [0.3, 0.4) is 0 Å². The van der Waals surface area contributed by atoms with Crippen molar-refractivity contribution in [2.75, 3.05) is 6.61 Å². The molecule has 1 aliphatic rings. The molecule has 1 atom stereocenters. The highest BCUT2D eigenvalue weighted by atomic mass is 35.5. The Morgan fingerprint density at radius 2 is 2.03 bits per heavy atom. The minimum absolute atomic E-state index is 0.195. The third kappa shape index (κ3) is 4.64. The molecule has 1 aromatic carbocycles. The first kappa shape index (κ1) is 24.5. The highest BCUT2D eigenvalue weighted by molar-refractivity contribution is 7.10. The van der Waals surface area contributed by atoms with E-state index in [1.54, 1.807) is 29.7 Å². The van der Waals surface area contributed by atoms with Gasteiger partial charge in [-0.3, -0.25) is 9.36 Å². The van der Waals surface area contributed by atoms with Gasteiger partial charge in [-0.2, -0.15) is 0 Å². The Bertz CT molecular complexity index is 1640. The number of carbonyl (C=O) groups is 1. The van der Waals surface area contributed by atoms with Crippen molar-refractivity contribution >= 4 is 46.3 Å². The number of hydrogen-bond acceptors (Lipinski definition) is 7. The smallest absolute Gasteiger partial charge is 0.338 e. The topological polar surface area (TPSA) is 73.8 Å². The van der Waals surface area contributed by atoms with E-state index in [9.17, 15) is 9.59 Å². The molecule has 36 heavy (non-hydrogen) atoms. The van der Waals surface area contributed by atoms with E-state index in [1.165, 1.54) is 22.7 Å². The fraction of sp³-hybridized carbons (Fsp3) is 0.222. The van der Waals surface area contributed by atoms with Crippen molar-refractivity contribution in [2.45, 2.75) is 26.8 Å². The summed E-state index contributed by atoms with van der Waals surface area (Å²) in [6.07, 6.45) is 1.70. The summed E-state index contributed by atoms with van der Waals surface area (Å²) in [4.78, 5) is 32.8. The van der Waals surface area contributed by atoms with Crippen molar-refractivity contribution in [3.63, 3.8) is 0 Å². The van der Waals surface area contributed by atoms with Crippen LogP contribution in [-0.2, 0) is 9.53 Å². The Morgan fingerprint density at radius 3 is 2.75 bits per heavy atom. The van der Waals surface area contributed by atoms with Gasteiger partial charge >= 0.3 is 5.97 Å². The molecule has 4 heterocycles. The first-order valence-corrected chi connectivity index (χ1v) is 13.5. The van der Waals surface area contributed by atoms with Crippen LogP contribution < -0.4 is 14.9 Å². The molecule has 1 aliphatic heterocycles. The Hall–Kier alpha value is -3.20. The van der Waals surface area contributed by atoms with Crippen LogP contribution >= 0.6 is 34.3 Å². The predicted octanol–water partition coefficient (Wildman–Crippen LogP) is 5.41. The number of hydrogen-bond donors (Lipinski definition) is 0. The second-order valence-corrected chi connectivity index (χ2v) is 11.2. The summed E-state index contributed by atoms with van der Waals surface area (Å²) >= 11 is 9.05. The summed E-state index contributed by atoms with van der Waals surface area (Å²) < 4.78 is 13.6. The molecule has 9 heteroatoms. The summed E-state index contributed by atoms with van der Waals surface area (Å²) in [5.74, 6) is 0.880. The minimum atomic E-state index is -0.599. The summed E-state index contributed by atoms with van der Waals surface area (Å²) in [5, 5.41) is 2.51. The molecule has 6 nitrogen and oxygen atoms in total. The number of allylic oxidation sites excluding steroid dienone is 1. The largest absolute Gasteiger partial charge is 0.462 e. The third-order valence-electron chi connectivity index (χ3n) is 5.64. The van der Waals surface area contributed by atoms with Crippen molar-refractivity contribution < 1.29 is 13.9 Å². The molecule has 0 aliphatic carbocycles. The van der Waals surface area contributed by atoms with Crippen LogP contribution in [0.15, 0.2) is 79.4 Å². The van der Waals surface area contributed by atoms with Crippen molar-refractivity contribution in [2.24, 2.45) is 10.9 Å². The van der Waals surface area contributed by atoms with Crippen LogP contribution in [0, 0.1) is 5.92 Å². The van der Waals surface area contributed by atoms with Gasteiger partial charge in [0.1, 0.15) is 17.6 Å². The van der Waals surface area contributed by atoms with E-state index in [0.717, 1.165) is 10.4 Å². The Balaban J connectivity index is 1.59. The van der Waals surface area contributed by atoms with E-state index in [1.807, 2.05) is 55.6 Å². The number of carbonyl (C=O) groups excluding carboxylic acids is 1. The lowest BCUT2D eigenvalue weighted by atomic mass is 10.0. The molecule has 184 valence electrons. The Morgan fingerprint density at radius 1 is 1.22 bits per heavy atom. The molecule has 0 amide bonds. The van der Waals surface area contributed by atoms with Crippen LogP contribution in [-0.4, -0.2) is 17.1 Å². The second-order valence-electron chi connectivity index (χ2n) is 8.77. The fourth-order valence-corrected chi connectivity index (χ4v) is 6.06. The van der Waals surface area contributed by atoms with Crippen LogP contribution in [0.5, 0.6) is 0 Å². The zero-order valence-corrected chi connectivity index (χ0v) is 22.2. The zero-order valence-electron chi connectivity index (χ0n) is 19.9. The molecular weight excluding hydrogens is 516 g/mol. The maximum Gasteiger partial charge on any atom is 0.338 e. The number of thiazole rings is 1. The average Bonchev–Trinajstić information content (AvgIpc) is 3.59. The van der Waals surface area contributed by atoms with E-state index in [-0.39, 0.29) is 11.5 Å². The fourth-order valence-electron chi connectivity index (χ4n) is 3.98. The zero-order chi connectivity index (χ0) is 25.4. The van der Waals surface area contributed by atoms with Crippen LogP contribution in [0.4, 0.5) is 0 Å². The molecule has 5 rings (SSSR count). The first-order chi connectivity index (χ1) is 17.3. The van der Waals surface area contributed by atoms with Gasteiger partial charge in [0, 0.05) is 16.5 Å². The third-order valence-corrected chi connectivity index (χ3v) is 7.88. The van der Waals surface area contributed by atoms with E-state index in [2.05, 4.69) is 4.99 Å². The van der Waals surface area contributed by atoms with Crippen LogP contribution in [0.1, 0.15) is 37.5 Å². The van der Waals surface area contributed by atoms with Crippen molar-refractivity contribution in [3.05, 3.63) is 101 Å². The highest BCUT2D eigenvalue weighted by Crippen LogP contribution is 2.33. The van der Waals surface area contributed by atoms with Gasteiger partial charge in [0.15, 0.2) is 4.80 Å². The number of esters is 1. The lowest BCUT2D eigenvalue weighted by molar-refractivity contribution is -0.140. The average molecular weight is 539 g/mol. The maximum absolute atomic E-state index is 13.6. The summed E-state index contributed by atoms with van der Waals surface area (Å²) in [5.41, 5.74) is 1.47. The molecule has 0 fully saturated rings. The Labute approximate surface area is 220 Å². The van der Waals surface area contributed by atoms with Gasteiger partial charge in [-0.15, -0.1) is 11.3 Å². The molecular formula is C27H23ClN2O4S2. The van der Waals surface area contributed by atoms with Gasteiger partial charge < -0.3 is 9.15 Å². The number of halogens is 1. The lowest BCUT2D eigenvalue weighted by Crippen LogP contribution is -2.39. The second kappa shape index (κ2) is 10.0. The lowest BCUT2D eigenvalue weighted by Gasteiger charge is -2.23. The summed E-state index contributed by atoms with van der Waals surface area (Å²) in [6, 6.07) is 14.3. The summed E-state index contributed by atoms with van der Waals surface area (Å²) in [6.45, 7) is 6.04. The van der Waals surface area contributed by atoms with Crippen LogP contribution in [0.25, 0.3) is 17.4 Å². The van der Waals surface area contributed by atoms with E-state index in [4.69, 9.17) is 20.8 Å². The Kier molecular flexibility index (Phi) is 6.83. The van der Waals surface area contributed by atoms with Crippen LogP contribution in [0.2, 0.25) is 5.02 Å². The minimum Gasteiger partial charge on any atom is -0.462 e. The number of aromatic nitrogens is 1. The number of fused-ring (bicyclic) bond motifs is 1. The van der Waals surface area contributed by atoms with Crippen molar-refractivity contribution in [1.82, 2.24) is 4.57 Å². The molecule has 0 unspecified atom stereocenters. The van der Waals surface area contributed by atoms with E-state index >= 15 is 0 Å². The van der Waals surface area contributed by atoms with E-state index in [0.29, 0.717) is 43.8 Å². The summed E-state index contributed by atoms with van der Waals surface area (Å²) in [7, 11) is 0. The van der Waals surface area contributed by atoms with Gasteiger partial charge in [0.05, 0.1) is 27.4 Å². The number of nitrogens with zero attached hydrogens (tertiary/aromatic N) is 2. The molecule has 0 bridgehead atoms. The number of rotatable bonds is 6. The molecule has 0 saturated heterocycles. The molecule has 0 N–H and O–H groups in total. The molecule has 0 saturated carbocycles. The molecule has 0 radical (unpaired) electrons. The van der Waals surface area contributed by atoms with Gasteiger partial charge in [-0.05, 0) is 48.6 Å². The van der Waals surface area contributed by atoms with Gasteiger partial charge in [-0.25, -0.2) is 9.79 Å². The number of benzene rings is 1. The standard InChI is InChI=1S/C27H23ClN2O4S2/c1-15(2)14-33-26(32)23-16(3)29-27-30(24(23)21-9-6-12-35-21)25(31)22(36-27)13-17-10-11-20(34-17)18-7-4-5-8-19(18)28/h4-13,15,24H,14H2,1-3H3/b22-13-/t24-/m1/s1. The predicted molar refractivity (Wildman–Crippen MR) is 143 cm³/mol. The van der Waals surface area contributed by atoms with E-state index < -0.39 is 12.0 Å². The number of thiophene rings is 1. The monoisotopic (exact) mass is 538 g/mol. The van der Waals surface area contributed by atoms with Gasteiger partial charge in [0.25, 0.3) is 5.56 Å². The normalized spacial score (nSPS) is 15.8. The van der Waals surface area contributed by atoms with Crippen molar-refractivity contribution in [3.8, 4) is 11.3 Å². The van der Waals surface area contributed by atoms with Gasteiger partial charge in [0.2, 0.25) is 0 Å². The molecule has 3 aromatic heterocycles. The highest BCUT2D eigenvalue weighted by Gasteiger charge is 2.34. The number of furan rings is 1.